The third-order valence-electron chi connectivity index (χ3n) is 2.56. The molecule has 1 saturated heterocycles. The Bertz CT molecular complexity index is 415. The molecule has 0 radical (unpaired) electrons. The maximum absolute atomic E-state index is 9.98. The molecule has 4 nitrogen and oxygen atoms in total. The second-order valence-corrected chi connectivity index (χ2v) is 4.67. The Kier molecular flexibility index (Phi) is 4.17. The molecule has 6 heteroatoms. The number of thiocarbonyl (C=S) groups is 1. The fourth-order valence-corrected chi connectivity index (χ4v) is 2.14. The molecule has 0 aromatic heterocycles. The van der Waals surface area contributed by atoms with Gasteiger partial charge in [-0.1, -0.05) is 29.8 Å². The molecule has 0 aliphatic carbocycles. The molecule has 17 heavy (non-hydrogen) atoms. The van der Waals surface area contributed by atoms with Crippen LogP contribution in [0.15, 0.2) is 24.3 Å². The molecular weight excluding hydrogens is 258 g/mol. The van der Waals surface area contributed by atoms with Gasteiger partial charge < -0.3 is 10.4 Å². The topological polar surface area (TPSA) is 47.5 Å². The van der Waals surface area contributed by atoms with Gasteiger partial charge in [0.2, 0.25) is 0 Å². The van der Waals surface area contributed by atoms with Crippen LogP contribution in [-0.2, 0) is 6.42 Å². The van der Waals surface area contributed by atoms with Gasteiger partial charge in [0.15, 0.2) is 5.11 Å². The SMILES string of the molecule is OC(Cc1ccccc1Cl)CN1NCNC1=S. The van der Waals surface area contributed by atoms with Gasteiger partial charge in [0.05, 0.1) is 19.3 Å². The molecule has 1 aromatic rings. The summed E-state index contributed by atoms with van der Waals surface area (Å²) in [5.41, 5.74) is 3.97. The standard InChI is InChI=1S/C11H14ClN3OS/c12-10-4-2-1-3-8(10)5-9(16)6-15-11(17)13-7-14-15/h1-4,9,14,16H,5-7H2,(H,13,17). The second-order valence-electron chi connectivity index (χ2n) is 3.88. The van der Waals surface area contributed by atoms with Gasteiger partial charge in [0.1, 0.15) is 0 Å². The number of benzene rings is 1. The van der Waals surface area contributed by atoms with Gasteiger partial charge in [0.25, 0.3) is 0 Å². The zero-order valence-corrected chi connectivity index (χ0v) is 10.8. The summed E-state index contributed by atoms with van der Waals surface area (Å²) in [4.78, 5) is 0. The summed E-state index contributed by atoms with van der Waals surface area (Å²) in [6.45, 7) is 1.05. The van der Waals surface area contributed by atoms with Crippen LogP contribution >= 0.6 is 23.8 Å². The minimum Gasteiger partial charge on any atom is -0.391 e. The molecule has 0 saturated carbocycles. The Morgan fingerprint density at radius 3 is 2.88 bits per heavy atom. The quantitative estimate of drug-likeness (QED) is 0.711. The first kappa shape index (κ1) is 12.6. The summed E-state index contributed by atoms with van der Waals surface area (Å²) in [5.74, 6) is 0. The van der Waals surface area contributed by atoms with E-state index in [9.17, 15) is 5.11 Å². The van der Waals surface area contributed by atoms with Crippen molar-refractivity contribution < 1.29 is 5.11 Å². The molecule has 3 N–H and O–H groups in total. The van der Waals surface area contributed by atoms with E-state index in [0.29, 0.717) is 29.8 Å². The number of nitrogens with one attached hydrogen (secondary N) is 2. The molecule has 1 atom stereocenters. The minimum absolute atomic E-state index is 0.442. The Hall–Kier alpha value is -0.880. The molecule has 1 aliphatic heterocycles. The monoisotopic (exact) mass is 271 g/mol. The summed E-state index contributed by atoms with van der Waals surface area (Å²) >= 11 is 11.1. The molecular formula is C11H14ClN3OS. The van der Waals surface area contributed by atoms with Crippen molar-refractivity contribution >= 4 is 28.9 Å². The molecule has 2 rings (SSSR count). The van der Waals surface area contributed by atoms with E-state index < -0.39 is 6.10 Å². The van der Waals surface area contributed by atoms with Crippen LogP contribution in [0.25, 0.3) is 0 Å². The van der Waals surface area contributed by atoms with Gasteiger partial charge in [-0.2, -0.15) is 0 Å². The van der Waals surface area contributed by atoms with Crippen LogP contribution in [0.3, 0.4) is 0 Å². The number of nitrogens with zero attached hydrogens (tertiary/aromatic N) is 1. The lowest BCUT2D eigenvalue weighted by molar-refractivity contribution is 0.131. The van der Waals surface area contributed by atoms with E-state index in [4.69, 9.17) is 23.8 Å². The number of rotatable bonds is 4. The third kappa shape index (κ3) is 3.29. The lowest BCUT2D eigenvalue weighted by atomic mass is 10.1. The summed E-state index contributed by atoms with van der Waals surface area (Å²) < 4.78 is 0. The first-order valence-corrected chi connectivity index (χ1v) is 6.16. The number of hydrogen-bond donors (Lipinski definition) is 3. The molecule has 1 fully saturated rings. The molecule has 1 unspecified atom stereocenters. The van der Waals surface area contributed by atoms with Crippen LogP contribution < -0.4 is 10.7 Å². The predicted molar refractivity (Wildman–Crippen MR) is 71.6 cm³/mol. The van der Waals surface area contributed by atoms with E-state index in [1.807, 2.05) is 24.3 Å². The first-order valence-electron chi connectivity index (χ1n) is 5.37. The fraction of sp³-hybridized carbons (Fsp3) is 0.364. The molecule has 92 valence electrons. The van der Waals surface area contributed by atoms with Crippen LogP contribution in [0, 0.1) is 0 Å². The zero-order chi connectivity index (χ0) is 12.3. The van der Waals surface area contributed by atoms with Gasteiger partial charge in [-0.25, -0.2) is 5.43 Å². The van der Waals surface area contributed by atoms with Gasteiger partial charge in [-0.15, -0.1) is 0 Å². The second kappa shape index (κ2) is 5.64. The minimum atomic E-state index is -0.514. The highest BCUT2D eigenvalue weighted by molar-refractivity contribution is 7.80. The molecule has 0 amide bonds. The maximum Gasteiger partial charge on any atom is 0.184 e. The van der Waals surface area contributed by atoms with Crippen LogP contribution in [0.2, 0.25) is 5.02 Å². The molecule has 0 spiro atoms. The highest BCUT2D eigenvalue weighted by Gasteiger charge is 2.19. The van der Waals surface area contributed by atoms with E-state index in [1.54, 1.807) is 5.01 Å². The summed E-state index contributed by atoms with van der Waals surface area (Å²) in [6, 6.07) is 7.52. The molecule has 1 heterocycles. The van der Waals surface area contributed by atoms with Crippen LogP contribution in [0.5, 0.6) is 0 Å². The number of aliphatic hydroxyl groups excluding tert-OH is 1. The highest BCUT2D eigenvalue weighted by Crippen LogP contribution is 2.16. The van der Waals surface area contributed by atoms with Crippen molar-refractivity contribution in [3.63, 3.8) is 0 Å². The van der Waals surface area contributed by atoms with Gasteiger partial charge >= 0.3 is 0 Å². The van der Waals surface area contributed by atoms with E-state index in [-0.39, 0.29) is 0 Å². The number of β-amino-alcohol motifs (C(OH)–C–C–N with tert-alkyl or cyclic N) is 1. The zero-order valence-electron chi connectivity index (χ0n) is 9.19. The lowest BCUT2D eigenvalue weighted by Gasteiger charge is -2.20. The maximum atomic E-state index is 9.98. The van der Waals surface area contributed by atoms with Crippen molar-refractivity contribution in [3.8, 4) is 0 Å². The fourth-order valence-electron chi connectivity index (χ4n) is 1.72. The first-order chi connectivity index (χ1) is 8.16. The summed E-state index contributed by atoms with van der Waals surface area (Å²) in [6.07, 6.45) is 0.000694. The molecule has 1 aromatic carbocycles. The van der Waals surface area contributed by atoms with E-state index in [2.05, 4.69) is 10.7 Å². The summed E-state index contributed by atoms with van der Waals surface area (Å²) in [7, 11) is 0. The largest absolute Gasteiger partial charge is 0.391 e. The van der Waals surface area contributed by atoms with Crippen molar-refractivity contribution in [1.29, 1.82) is 0 Å². The number of halogens is 1. The average Bonchev–Trinajstić information content (AvgIpc) is 2.68. The molecule has 0 bridgehead atoms. The van der Waals surface area contributed by atoms with Crippen molar-refractivity contribution in [2.24, 2.45) is 0 Å². The Morgan fingerprint density at radius 2 is 2.24 bits per heavy atom. The normalized spacial score (nSPS) is 17.1. The molecule has 1 aliphatic rings. The van der Waals surface area contributed by atoms with Gasteiger partial charge in [-0.05, 0) is 23.8 Å². The third-order valence-corrected chi connectivity index (χ3v) is 3.29. The van der Waals surface area contributed by atoms with E-state index in [0.717, 1.165) is 5.56 Å². The number of aliphatic hydroxyl groups is 1. The number of hydrazine groups is 1. The average molecular weight is 272 g/mol. The highest BCUT2D eigenvalue weighted by atomic mass is 35.5. The van der Waals surface area contributed by atoms with E-state index >= 15 is 0 Å². The summed E-state index contributed by atoms with van der Waals surface area (Å²) in [5, 5.41) is 16.0. The van der Waals surface area contributed by atoms with Crippen LogP contribution in [0.1, 0.15) is 5.56 Å². The number of hydrogen-bond acceptors (Lipinski definition) is 3. The van der Waals surface area contributed by atoms with Gasteiger partial charge in [-0.3, -0.25) is 5.01 Å². The smallest absolute Gasteiger partial charge is 0.184 e. The lowest BCUT2D eigenvalue weighted by Crippen LogP contribution is -2.40. The van der Waals surface area contributed by atoms with Crippen molar-refractivity contribution in [2.45, 2.75) is 12.5 Å². The van der Waals surface area contributed by atoms with Crippen molar-refractivity contribution in [2.75, 3.05) is 13.2 Å². The van der Waals surface area contributed by atoms with Crippen LogP contribution in [-0.4, -0.2) is 34.5 Å². The van der Waals surface area contributed by atoms with Crippen molar-refractivity contribution in [1.82, 2.24) is 15.8 Å². The van der Waals surface area contributed by atoms with E-state index in [1.165, 1.54) is 0 Å². The Labute approximate surface area is 111 Å². The predicted octanol–water partition coefficient (Wildman–Crippen LogP) is 0.896. The van der Waals surface area contributed by atoms with Crippen molar-refractivity contribution in [3.05, 3.63) is 34.9 Å². The van der Waals surface area contributed by atoms with Crippen LogP contribution in [0.4, 0.5) is 0 Å². The Morgan fingerprint density at radius 1 is 1.47 bits per heavy atom. The Balaban J connectivity index is 1.91. The van der Waals surface area contributed by atoms with Gasteiger partial charge in [0, 0.05) is 11.4 Å².